The van der Waals surface area contributed by atoms with Crippen LogP contribution >= 0.6 is 0 Å². The monoisotopic (exact) mass is 720 g/mol. The van der Waals surface area contributed by atoms with Gasteiger partial charge in [0.05, 0.1) is 0 Å². The van der Waals surface area contributed by atoms with Crippen LogP contribution in [0.15, 0.2) is 206 Å². The van der Waals surface area contributed by atoms with Crippen molar-refractivity contribution in [2.45, 2.75) is 13.8 Å². The average molecular weight is 721 g/mol. The molecule has 4 heteroatoms. The van der Waals surface area contributed by atoms with Crippen LogP contribution in [0.2, 0.25) is 0 Å². The Bertz CT molecular complexity index is 2670. The lowest BCUT2D eigenvalue weighted by Crippen LogP contribution is -2.09. The van der Waals surface area contributed by atoms with E-state index in [1.165, 1.54) is 33.4 Å². The first kappa shape index (κ1) is 34.5. The Hall–Kier alpha value is -7.30. The van der Waals surface area contributed by atoms with Gasteiger partial charge in [-0.3, -0.25) is 4.57 Å². The predicted molar refractivity (Wildman–Crippen MR) is 233 cm³/mol. The van der Waals surface area contributed by atoms with E-state index in [0.29, 0.717) is 0 Å². The van der Waals surface area contributed by atoms with Gasteiger partial charge in [0, 0.05) is 33.9 Å². The number of aromatic nitrogens is 3. The van der Waals surface area contributed by atoms with Crippen molar-refractivity contribution >= 4 is 17.1 Å². The maximum absolute atomic E-state index is 4.72. The standard InChI is InChI=1S/C52H40N4/c1-37-21-31-44(32-22-37)55(45-33-23-38(2)24-34-45)46-35-29-40(30-36-46)48-18-10-12-20-50(48)49-19-11-9-17-47(49)39-25-27-42(28-26-39)52-54-53-51(41-13-5-3-6-14-41)56(52)43-15-7-4-8-16-43/h3-36H,1-2H3. The van der Waals surface area contributed by atoms with E-state index in [1.54, 1.807) is 0 Å². The van der Waals surface area contributed by atoms with Gasteiger partial charge in [0.15, 0.2) is 11.6 Å². The van der Waals surface area contributed by atoms with Gasteiger partial charge in [-0.25, -0.2) is 0 Å². The Balaban J connectivity index is 1.06. The van der Waals surface area contributed by atoms with E-state index < -0.39 is 0 Å². The summed E-state index contributed by atoms with van der Waals surface area (Å²) in [6.07, 6.45) is 0. The number of aryl methyl sites for hydroxylation is 2. The van der Waals surface area contributed by atoms with Crippen LogP contribution in [0.25, 0.3) is 61.8 Å². The zero-order chi connectivity index (χ0) is 37.8. The first-order valence-electron chi connectivity index (χ1n) is 19.0. The van der Waals surface area contributed by atoms with Gasteiger partial charge in [-0.05, 0) is 95.8 Å². The predicted octanol–water partition coefficient (Wildman–Crippen LogP) is 13.7. The quantitative estimate of drug-likeness (QED) is 0.149. The summed E-state index contributed by atoms with van der Waals surface area (Å²) in [5, 5.41) is 9.39. The van der Waals surface area contributed by atoms with Gasteiger partial charge in [-0.15, -0.1) is 10.2 Å². The minimum atomic E-state index is 0.798. The van der Waals surface area contributed by atoms with Crippen molar-refractivity contribution in [1.82, 2.24) is 14.8 Å². The summed E-state index contributed by atoms with van der Waals surface area (Å²) in [7, 11) is 0. The van der Waals surface area contributed by atoms with Crippen molar-refractivity contribution in [2.75, 3.05) is 4.90 Å². The largest absolute Gasteiger partial charge is 0.311 e. The summed E-state index contributed by atoms with van der Waals surface area (Å²) >= 11 is 0. The third-order valence-electron chi connectivity index (χ3n) is 10.3. The highest BCUT2D eigenvalue weighted by molar-refractivity contribution is 5.92. The number of benzene rings is 8. The van der Waals surface area contributed by atoms with E-state index in [2.05, 4.69) is 198 Å². The molecule has 0 saturated heterocycles. The van der Waals surface area contributed by atoms with Gasteiger partial charge in [-0.2, -0.15) is 0 Å². The lowest BCUT2D eigenvalue weighted by Gasteiger charge is -2.26. The van der Waals surface area contributed by atoms with Gasteiger partial charge in [0.1, 0.15) is 0 Å². The SMILES string of the molecule is Cc1ccc(N(c2ccc(C)cc2)c2ccc(-c3ccccc3-c3ccccc3-c3ccc(-c4nnc(-c5ccccc5)n4-c4ccccc4)cc3)cc2)cc1. The first-order valence-corrected chi connectivity index (χ1v) is 19.0. The van der Waals surface area contributed by atoms with Gasteiger partial charge < -0.3 is 4.90 Å². The minimum absolute atomic E-state index is 0.798. The van der Waals surface area contributed by atoms with Crippen LogP contribution in [-0.4, -0.2) is 14.8 Å². The fourth-order valence-electron chi connectivity index (χ4n) is 7.43. The van der Waals surface area contributed by atoms with Crippen LogP contribution in [0.3, 0.4) is 0 Å². The molecule has 9 aromatic rings. The zero-order valence-corrected chi connectivity index (χ0v) is 31.4. The smallest absolute Gasteiger partial charge is 0.168 e. The van der Waals surface area contributed by atoms with Crippen LogP contribution in [0.5, 0.6) is 0 Å². The van der Waals surface area contributed by atoms with Crippen molar-refractivity contribution in [2.24, 2.45) is 0 Å². The molecule has 0 atom stereocenters. The van der Waals surface area contributed by atoms with E-state index in [9.17, 15) is 0 Å². The number of hydrogen-bond donors (Lipinski definition) is 0. The third kappa shape index (κ3) is 6.81. The molecule has 1 aromatic heterocycles. The second-order valence-corrected chi connectivity index (χ2v) is 14.1. The third-order valence-corrected chi connectivity index (χ3v) is 10.3. The number of nitrogens with zero attached hydrogens (tertiary/aromatic N) is 4. The number of para-hydroxylation sites is 1. The number of anilines is 3. The van der Waals surface area contributed by atoms with Gasteiger partial charge in [-0.1, -0.05) is 169 Å². The lowest BCUT2D eigenvalue weighted by atomic mass is 9.89. The highest BCUT2D eigenvalue weighted by atomic mass is 15.3. The topological polar surface area (TPSA) is 34.0 Å². The molecule has 0 aliphatic heterocycles. The fourth-order valence-corrected chi connectivity index (χ4v) is 7.43. The Labute approximate surface area is 328 Å². The van der Waals surface area contributed by atoms with Gasteiger partial charge in [0.25, 0.3) is 0 Å². The molecule has 0 bridgehead atoms. The molecule has 8 aromatic carbocycles. The van der Waals surface area contributed by atoms with Crippen molar-refractivity contribution in [1.29, 1.82) is 0 Å². The molecule has 0 aliphatic carbocycles. The molecule has 0 spiro atoms. The maximum Gasteiger partial charge on any atom is 0.168 e. The second kappa shape index (κ2) is 15.2. The average Bonchev–Trinajstić information content (AvgIpc) is 3.72. The Kier molecular flexibility index (Phi) is 9.36. The minimum Gasteiger partial charge on any atom is -0.311 e. The van der Waals surface area contributed by atoms with Crippen LogP contribution in [0.1, 0.15) is 11.1 Å². The Morgan fingerprint density at radius 1 is 0.321 bits per heavy atom. The Morgan fingerprint density at radius 3 is 1.12 bits per heavy atom. The van der Waals surface area contributed by atoms with Crippen molar-refractivity contribution < 1.29 is 0 Å². The van der Waals surface area contributed by atoms with Crippen LogP contribution in [0.4, 0.5) is 17.1 Å². The van der Waals surface area contributed by atoms with E-state index in [1.807, 2.05) is 36.4 Å². The van der Waals surface area contributed by atoms with Gasteiger partial charge >= 0.3 is 0 Å². The fraction of sp³-hybridized carbons (Fsp3) is 0.0385. The highest BCUT2D eigenvalue weighted by Crippen LogP contribution is 2.41. The molecular formula is C52H40N4. The molecule has 0 aliphatic rings. The zero-order valence-electron chi connectivity index (χ0n) is 31.4. The molecule has 1 heterocycles. The van der Waals surface area contributed by atoms with Crippen molar-refractivity contribution in [3.8, 4) is 61.8 Å². The first-order chi connectivity index (χ1) is 27.6. The van der Waals surface area contributed by atoms with Crippen molar-refractivity contribution in [3.05, 3.63) is 217 Å². The van der Waals surface area contributed by atoms with E-state index in [0.717, 1.165) is 56.7 Å². The highest BCUT2D eigenvalue weighted by Gasteiger charge is 2.19. The molecule has 0 unspecified atom stereocenters. The number of rotatable bonds is 9. The summed E-state index contributed by atoms with van der Waals surface area (Å²) in [5.41, 5.74) is 15.9. The molecule has 0 amide bonds. The Morgan fingerprint density at radius 2 is 0.661 bits per heavy atom. The van der Waals surface area contributed by atoms with E-state index >= 15 is 0 Å². The van der Waals surface area contributed by atoms with Gasteiger partial charge in [0.2, 0.25) is 0 Å². The molecule has 56 heavy (non-hydrogen) atoms. The van der Waals surface area contributed by atoms with E-state index in [4.69, 9.17) is 5.10 Å². The molecular weight excluding hydrogens is 681 g/mol. The van der Waals surface area contributed by atoms with Crippen LogP contribution in [0, 0.1) is 13.8 Å². The second-order valence-electron chi connectivity index (χ2n) is 14.1. The molecule has 0 fully saturated rings. The molecule has 0 saturated carbocycles. The summed E-state index contributed by atoms with van der Waals surface area (Å²) in [5.74, 6) is 1.61. The summed E-state index contributed by atoms with van der Waals surface area (Å²) in [6, 6.07) is 73.1. The molecule has 0 N–H and O–H groups in total. The maximum atomic E-state index is 4.72. The van der Waals surface area contributed by atoms with Crippen LogP contribution < -0.4 is 4.90 Å². The van der Waals surface area contributed by atoms with E-state index in [-0.39, 0.29) is 0 Å². The number of hydrogen-bond acceptors (Lipinski definition) is 3. The lowest BCUT2D eigenvalue weighted by molar-refractivity contribution is 1.07. The van der Waals surface area contributed by atoms with Crippen molar-refractivity contribution in [3.63, 3.8) is 0 Å². The normalized spacial score (nSPS) is 11.0. The molecule has 268 valence electrons. The molecule has 0 radical (unpaired) electrons. The van der Waals surface area contributed by atoms with Crippen LogP contribution in [-0.2, 0) is 0 Å². The summed E-state index contributed by atoms with van der Waals surface area (Å²) in [4.78, 5) is 2.32. The summed E-state index contributed by atoms with van der Waals surface area (Å²) in [6.45, 7) is 4.25. The summed E-state index contributed by atoms with van der Waals surface area (Å²) < 4.78 is 2.14. The molecule has 9 rings (SSSR count). The molecule has 4 nitrogen and oxygen atoms in total.